The zero-order valence-corrected chi connectivity index (χ0v) is 21.5. The summed E-state index contributed by atoms with van der Waals surface area (Å²) in [6.45, 7) is 2.21. The number of aromatic nitrogens is 1. The van der Waals surface area contributed by atoms with Gasteiger partial charge >= 0.3 is 11.9 Å². The lowest BCUT2D eigenvalue weighted by Crippen LogP contribution is -2.53. The molecule has 2 aliphatic rings. The zero-order valence-electron chi connectivity index (χ0n) is 20.7. The molecule has 0 radical (unpaired) electrons. The van der Waals surface area contributed by atoms with Crippen molar-refractivity contribution in [2.24, 2.45) is 5.92 Å². The number of carbonyl (C=O) groups excluding carboxylic acids is 1. The van der Waals surface area contributed by atoms with Crippen molar-refractivity contribution in [2.45, 2.75) is 64.0 Å². The number of aliphatic hydroxyl groups is 1. The van der Waals surface area contributed by atoms with Crippen molar-refractivity contribution in [2.75, 3.05) is 18.5 Å². The third-order valence-electron chi connectivity index (χ3n) is 7.13. The van der Waals surface area contributed by atoms with Crippen LogP contribution < -0.4 is 5.32 Å². The summed E-state index contributed by atoms with van der Waals surface area (Å²) < 4.78 is 0. The second kappa shape index (κ2) is 11.9. The van der Waals surface area contributed by atoms with E-state index >= 15 is 0 Å². The highest BCUT2D eigenvalue weighted by atomic mass is 35.5. The Morgan fingerprint density at radius 3 is 2.81 bits per heavy atom. The predicted octanol–water partition coefficient (Wildman–Crippen LogP) is 3.89. The third kappa shape index (κ3) is 6.21. The monoisotopic (exact) mass is 526 g/mol. The van der Waals surface area contributed by atoms with E-state index in [-0.39, 0.29) is 29.7 Å². The number of rotatable bonds is 10. The number of carboxylic acid groups (broad SMARTS) is 1. The van der Waals surface area contributed by atoms with Gasteiger partial charge in [-0.05, 0) is 87.1 Å². The van der Waals surface area contributed by atoms with Gasteiger partial charge in [-0.2, -0.15) is 5.26 Å². The van der Waals surface area contributed by atoms with Crippen LogP contribution in [0.5, 0.6) is 0 Å². The van der Waals surface area contributed by atoms with Crippen LogP contribution in [0.15, 0.2) is 24.3 Å². The number of carboxylic acids is 1. The average Bonchev–Trinajstić information content (AvgIpc) is 2.84. The van der Waals surface area contributed by atoms with Crippen LogP contribution in [0.4, 0.5) is 5.82 Å². The number of hydrogen-bond donors (Lipinski definition) is 3. The first-order valence-electron chi connectivity index (χ1n) is 12.6. The maximum Gasteiger partial charge on any atom is 0.358 e. The topological polar surface area (TPSA) is 136 Å². The molecule has 1 saturated carbocycles. The molecule has 0 unspecified atom stereocenters. The van der Waals surface area contributed by atoms with Gasteiger partial charge in [0.25, 0.3) is 0 Å². The molecule has 37 heavy (non-hydrogen) atoms. The number of pyridine rings is 1. The van der Waals surface area contributed by atoms with E-state index in [9.17, 15) is 19.8 Å². The highest BCUT2D eigenvalue weighted by Gasteiger charge is 2.42. The van der Waals surface area contributed by atoms with Crippen LogP contribution in [0.1, 0.15) is 64.8 Å². The van der Waals surface area contributed by atoms with Crippen LogP contribution in [0, 0.1) is 24.2 Å². The van der Waals surface area contributed by atoms with Gasteiger partial charge in [-0.3, -0.25) is 4.79 Å². The summed E-state index contributed by atoms with van der Waals surface area (Å²) in [5, 5.41) is 33.0. The maximum atomic E-state index is 13.1. The number of aliphatic carboxylic acids is 1. The summed E-state index contributed by atoms with van der Waals surface area (Å²) in [5.74, 6) is -0.664. The minimum atomic E-state index is -1.19. The maximum absolute atomic E-state index is 13.1. The van der Waals surface area contributed by atoms with Crippen LogP contribution in [-0.4, -0.2) is 57.4 Å². The molecule has 0 amide bonds. The van der Waals surface area contributed by atoms with E-state index in [0.29, 0.717) is 29.9 Å². The number of aliphatic hydroxyl groups excluding tert-OH is 1. The fourth-order valence-electron chi connectivity index (χ4n) is 5.09. The van der Waals surface area contributed by atoms with Gasteiger partial charge in [0.15, 0.2) is 0 Å². The summed E-state index contributed by atoms with van der Waals surface area (Å²) in [6.07, 6.45) is 5.09. The highest BCUT2D eigenvalue weighted by molar-refractivity contribution is 6.33. The van der Waals surface area contributed by atoms with Gasteiger partial charge < -0.3 is 20.4 Å². The van der Waals surface area contributed by atoms with Crippen LogP contribution in [0.2, 0.25) is 5.02 Å². The predicted molar refractivity (Wildman–Crippen MR) is 137 cm³/mol. The lowest BCUT2D eigenvalue weighted by atomic mass is 9.76. The molecule has 3 N–H and O–H groups in total. The summed E-state index contributed by atoms with van der Waals surface area (Å²) >= 11 is 6.25. The second-order valence-electron chi connectivity index (χ2n) is 9.74. The fraction of sp³-hybridized carbons (Fsp3) is 0.481. The Balaban J connectivity index is 1.42. The van der Waals surface area contributed by atoms with Gasteiger partial charge in [0.05, 0.1) is 22.2 Å². The van der Waals surface area contributed by atoms with Crippen molar-refractivity contribution in [1.29, 1.82) is 5.26 Å². The molecule has 10 heteroatoms. The molecule has 1 aliphatic heterocycles. The third-order valence-corrected chi connectivity index (χ3v) is 7.43. The number of nitrogens with one attached hydrogen (secondary N) is 1. The summed E-state index contributed by atoms with van der Waals surface area (Å²) in [4.78, 5) is 35.5. The summed E-state index contributed by atoms with van der Waals surface area (Å²) in [6, 6.07) is 7.61. The van der Waals surface area contributed by atoms with Gasteiger partial charge in [-0.25, -0.2) is 9.78 Å². The Kier molecular flexibility index (Phi) is 8.64. The molecule has 2 aromatic rings. The van der Waals surface area contributed by atoms with Gasteiger partial charge in [0.2, 0.25) is 0 Å². The van der Waals surface area contributed by atoms with E-state index in [4.69, 9.17) is 26.7 Å². The number of anilines is 1. The summed E-state index contributed by atoms with van der Waals surface area (Å²) in [5.41, 5.74) is 3.13. The smallest absolute Gasteiger partial charge is 0.358 e. The SMILES string of the molecule is Cc1cc(C#N)cc(Cl)c1C(=O)ON(C1CC(CCc2ccc3c(n2)NCCC3)C1)[C@@H](CCO)C(=O)O. The molecule has 9 nitrogen and oxygen atoms in total. The van der Waals surface area contributed by atoms with Crippen molar-refractivity contribution in [3.05, 3.63) is 57.2 Å². The van der Waals surface area contributed by atoms with Crippen molar-refractivity contribution in [1.82, 2.24) is 10.0 Å². The lowest BCUT2D eigenvalue weighted by molar-refractivity contribution is -0.204. The Bertz CT molecular complexity index is 1180. The number of nitrogens with zero attached hydrogens (tertiary/aromatic N) is 3. The minimum absolute atomic E-state index is 0.0639. The number of aryl methyl sites for hydroxylation is 3. The molecule has 1 fully saturated rings. The lowest BCUT2D eigenvalue weighted by Gasteiger charge is -2.43. The normalized spacial score (nSPS) is 19.2. The molecule has 0 spiro atoms. The van der Waals surface area contributed by atoms with Crippen molar-refractivity contribution in [3.8, 4) is 6.07 Å². The van der Waals surface area contributed by atoms with E-state index in [0.717, 1.165) is 43.7 Å². The van der Waals surface area contributed by atoms with Crippen LogP contribution in [0.3, 0.4) is 0 Å². The second-order valence-corrected chi connectivity index (χ2v) is 10.1. The molecule has 1 aliphatic carbocycles. The standard InChI is InChI=1S/C27H31ClN4O5/c1-16-11-18(15-29)14-22(28)24(16)27(36)37-32(23(8-10-33)26(34)35)21-12-17(13-21)4-6-20-7-5-19-3-2-9-30-25(19)31-20/h5,7,11,14,17,21,23,33H,2-4,6,8-10,12-13H2,1H3,(H,30,31)(H,34,35)/t17?,21?,23-/m0/s1. The van der Waals surface area contributed by atoms with Crippen molar-refractivity contribution in [3.63, 3.8) is 0 Å². The summed E-state index contributed by atoms with van der Waals surface area (Å²) in [7, 11) is 0. The number of fused-ring (bicyclic) bond motifs is 1. The molecule has 1 atom stereocenters. The van der Waals surface area contributed by atoms with E-state index in [1.807, 2.05) is 6.07 Å². The van der Waals surface area contributed by atoms with Gasteiger partial charge in [-0.1, -0.05) is 17.7 Å². The number of halogens is 1. The first kappa shape index (κ1) is 26.9. The fourth-order valence-corrected chi connectivity index (χ4v) is 5.43. The molecule has 0 bridgehead atoms. The van der Waals surface area contributed by atoms with Gasteiger partial charge in [0, 0.05) is 24.9 Å². The Hall–Kier alpha value is -3.19. The molecule has 196 valence electrons. The number of hydrogen-bond acceptors (Lipinski definition) is 8. The molecule has 1 aromatic heterocycles. The molecule has 4 rings (SSSR count). The van der Waals surface area contributed by atoms with Gasteiger partial charge in [-0.15, -0.1) is 5.06 Å². The quantitative estimate of drug-likeness (QED) is 0.394. The molecule has 1 aromatic carbocycles. The van der Waals surface area contributed by atoms with Crippen LogP contribution in [-0.2, 0) is 22.5 Å². The Labute approximate surface area is 221 Å². The van der Waals surface area contributed by atoms with Crippen LogP contribution in [0.25, 0.3) is 0 Å². The number of benzene rings is 1. The van der Waals surface area contributed by atoms with E-state index < -0.39 is 18.0 Å². The van der Waals surface area contributed by atoms with Crippen LogP contribution >= 0.6 is 11.6 Å². The first-order chi connectivity index (χ1) is 17.8. The van der Waals surface area contributed by atoms with Crippen molar-refractivity contribution < 1.29 is 24.6 Å². The number of hydroxylamine groups is 2. The average molecular weight is 527 g/mol. The minimum Gasteiger partial charge on any atom is -0.480 e. The molecular formula is C27H31ClN4O5. The van der Waals surface area contributed by atoms with E-state index in [1.165, 1.54) is 22.8 Å². The highest BCUT2D eigenvalue weighted by Crippen LogP contribution is 2.37. The number of nitriles is 1. The van der Waals surface area contributed by atoms with Gasteiger partial charge in [0.1, 0.15) is 11.9 Å². The number of carbonyl (C=O) groups is 2. The zero-order chi connectivity index (χ0) is 26.5. The molecular weight excluding hydrogens is 496 g/mol. The first-order valence-corrected chi connectivity index (χ1v) is 13.0. The Morgan fingerprint density at radius 1 is 1.35 bits per heavy atom. The largest absolute Gasteiger partial charge is 0.480 e. The molecule has 0 saturated heterocycles. The molecule has 2 heterocycles. The van der Waals surface area contributed by atoms with E-state index in [1.54, 1.807) is 6.92 Å². The van der Waals surface area contributed by atoms with E-state index in [2.05, 4.69) is 17.4 Å². The Morgan fingerprint density at radius 2 is 2.14 bits per heavy atom. The van der Waals surface area contributed by atoms with Crippen molar-refractivity contribution >= 4 is 29.4 Å².